The smallest absolute Gasteiger partial charge is 0.280 e. The second-order valence-corrected chi connectivity index (χ2v) is 7.31. The van der Waals surface area contributed by atoms with Crippen molar-refractivity contribution in [2.75, 3.05) is 0 Å². The molecule has 0 amide bonds. The normalized spacial score (nSPS) is 11.7. The lowest BCUT2D eigenvalue weighted by Gasteiger charge is -2.04. The van der Waals surface area contributed by atoms with Crippen LogP contribution in [0.25, 0.3) is 16.9 Å². The summed E-state index contributed by atoms with van der Waals surface area (Å²) < 4.78 is 14.8. The molecule has 0 spiro atoms. The van der Waals surface area contributed by atoms with Crippen LogP contribution >= 0.6 is 0 Å². The molecule has 0 unspecified atom stereocenters. The number of nitrogens with one attached hydrogen (secondary N) is 1. The van der Waals surface area contributed by atoms with Gasteiger partial charge in [0.15, 0.2) is 0 Å². The van der Waals surface area contributed by atoms with Crippen molar-refractivity contribution in [2.45, 2.75) is 20.8 Å². The first-order valence-corrected chi connectivity index (χ1v) is 9.73. The van der Waals surface area contributed by atoms with Gasteiger partial charge in [-0.05, 0) is 68.3 Å². The Hall–Kier alpha value is -3.73. The molecule has 4 rings (SSSR count). The van der Waals surface area contributed by atoms with Crippen molar-refractivity contribution in [3.63, 3.8) is 0 Å². The SMILES string of the molecule is CC(=Nc1ccc(C)c(C)c1)c1c(-c2ccccc2)[nH]n(-c2ccc(F)cc2)c1=O. The van der Waals surface area contributed by atoms with E-state index in [0.29, 0.717) is 22.7 Å². The summed E-state index contributed by atoms with van der Waals surface area (Å²) in [6, 6.07) is 21.4. The van der Waals surface area contributed by atoms with Gasteiger partial charge in [0.05, 0.1) is 28.3 Å². The zero-order valence-corrected chi connectivity index (χ0v) is 17.1. The molecule has 0 aliphatic carbocycles. The Morgan fingerprint density at radius 1 is 0.933 bits per heavy atom. The maximum absolute atomic E-state index is 13.4. The summed E-state index contributed by atoms with van der Waals surface area (Å²) >= 11 is 0. The fraction of sp³-hybridized carbons (Fsp3) is 0.120. The van der Waals surface area contributed by atoms with E-state index in [0.717, 1.165) is 16.8 Å². The van der Waals surface area contributed by atoms with Gasteiger partial charge in [0.2, 0.25) is 0 Å². The predicted octanol–water partition coefficient (Wildman–Crippen LogP) is 5.73. The minimum atomic E-state index is -0.352. The molecule has 1 N–H and O–H groups in total. The largest absolute Gasteiger partial charge is 0.290 e. The van der Waals surface area contributed by atoms with Crippen LogP contribution < -0.4 is 5.56 Å². The Bertz CT molecular complexity index is 1280. The van der Waals surface area contributed by atoms with Gasteiger partial charge < -0.3 is 0 Å². The molecule has 0 bridgehead atoms. The highest BCUT2D eigenvalue weighted by atomic mass is 19.1. The number of aryl methyl sites for hydroxylation is 2. The first kappa shape index (κ1) is 19.6. The molecule has 1 aromatic heterocycles. The van der Waals surface area contributed by atoms with Crippen molar-refractivity contribution >= 4 is 11.4 Å². The van der Waals surface area contributed by atoms with Crippen molar-refractivity contribution in [3.05, 3.63) is 106 Å². The van der Waals surface area contributed by atoms with Crippen molar-refractivity contribution in [3.8, 4) is 16.9 Å². The van der Waals surface area contributed by atoms with Crippen molar-refractivity contribution in [1.29, 1.82) is 0 Å². The van der Waals surface area contributed by atoms with Gasteiger partial charge in [0, 0.05) is 5.56 Å². The molecule has 4 nitrogen and oxygen atoms in total. The summed E-state index contributed by atoms with van der Waals surface area (Å²) in [4.78, 5) is 18.1. The van der Waals surface area contributed by atoms with E-state index in [2.05, 4.69) is 12.0 Å². The van der Waals surface area contributed by atoms with Crippen LogP contribution in [0.4, 0.5) is 10.1 Å². The molecule has 4 aromatic rings. The predicted molar refractivity (Wildman–Crippen MR) is 120 cm³/mol. The first-order valence-electron chi connectivity index (χ1n) is 9.73. The molecule has 0 radical (unpaired) electrons. The summed E-state index contributed by atoms with van der Waals surface area (Å²) in [5, 5.41) is 3.19. The zero-order chi connectivity index (χ0) is 21.3. The van der Waals surface area contributed by atoms with Crippen LogP contribution in [0.2, 0.25) is 0 Å². The summed E-state index contributed by atoms with van der Waals surface area (Å²) in [6.07, 6.45) is 0. The Labute approximate surface area is 174 Å². The van der Waals surface area contributed by atoms with Gasteiger partial charge in [-0.1, -0.05) is 36.4 Å². The van der Waals surface area contributed by atoms with Gasteiger partial charge in [-0.3, -0.25) is 14.9 Å². The molecule has 1 heterocycles. The van der Waals surface area contributed by atoms with Gasteiger partial charge >= 0.3 is 0 Å². The molecule has 0 fully saturated rings. The first-order chi connectivity index (χ1) is 14.4. The molecule has 0 saturated carbocycles. The van der Waals surface area contributed by atoms with E-state index in [4.69, 9.17) is 4.99 Å². The highest BCUT2D eigenvalue weighted by molar-refractivity contribution is 6.04. The van der Waals surface area contributed by atoms with Crippen molar-refractivity contribution in [1.82, 2.24) is 9.78 Å². The molecule has 5 heteroatoms. The lowest BCUT2D eigenvalue weighted by molar-refractivity contribution is 0.627. The lowest BCUT2D eigenvalue weighted by atomic mass is 10.0. The molecule has 0 aliphatic heterocycles. The second-order valence-electron chi connectivity index (χ2n) is 7.31. The van der Waals surface area contributed by atoms with Gasteiger partial charge in [0.1, 0.15) is 5.82 Å². The third-order valence-electron chi connectivity index (χ3n) is 5.19. The summed E-state index contributed by atoms with van der Waals surface area (Å²) in [6.45, 7) is 5.93. The third-order valence-corrected chi connectivity index (χ3v) is 5.19. The number of aromatic amines is 1. The number of aromatic nitrogens is 2. The van der Waals surface area contributed by atoms with Crippen molar-refractivity contribution in [2.24, 2.45) is 4.99 Å². The number of halogens is 1. The Balaban J connectivity index is 1.90. The molecule has 0 aliphatic rings. The number of hydrogen-bond donors (Lipinski definition) is 1. The standard InChI is InChI=1S/C25H22FN3O/c1-16-9-12-21(15-17(16)2)27-18(3)23-24(19-7-5-4-6-8-19)28-29(25(23)30)22-13-10-20(26)11-14-22/h4-15,28H,1-3H3. The molecule has 3 aromatic carbocycles. The van der Waals surface area contributed by atoms with E-state index >= 15 is 0 Å². The van der Waals surface area contributed by atoms with Gasteiger partial charge in [-0.2, -0.15) is 0 Å². The van der Waals surface area contributed by atoms with E-state index in [-0.39, 0.29) is 11.4 Å². The van der Waals surface area contributed by atoms with E-state index < -0.39 is 0 Å². The van der Waals surface area contributed by atoms with Crippen LogP contribution in [-0.4, -0.2) is 15.5 Å². The topological polar surface area (TPSA) is 50.1 Å². The molecular weight excluding hydrogens is 377 g/mol. The van der Waals surface area contributed by atoms with Crippen LogP contribution in [0, 0.1) is 19.7 Å². The average molecular weight is 399 g/mol. The highest BCUT2D eigenvalue weighted by Crippen LogP contribution is 2.24. The molecule has 0 saturated heterocycles. The summed E-state index contributed by atoms with van der Waals surface area (Å²) in [7, 11) is 0. The number of rotatable bonds is 4. The number of nitrogens with zero attached hydrogens (tertiary/aromatic N) is 2. The zero-order valence-electron chi connectivity index (χ0n) is 17.1. The minimum Gasteiger partial charge on any atom is -0.290 e. The van der Waals surface area contributed by atoms with Gasteiger partial charge in [-0.15, -0.1) is 0 Å². The van der Waals surface area contributed by atoms with Crippen LogP contribution in [0.15, 0.2) is 82.6 Å². The maximum atomic E-state index is 13.4. The van der Waals surface area contributed by atoms with Crippen molar-refractivity contribution < 1.29 is 4.39 Å². The Morgan fingerprint density at radius 3 is 2.30 bits per heavy atom. The maximum Gasteiger partial charge on any atom is 0.280 e. The second kappa shape index (κ2) is 7.95. The van der Waals surface area contributed by atoms with Crippen LogP contribution in [0.5, 0.6) is 0 Å². The molecule has 30 heavy (non-hydrogen) atoms. The summed E-state index contributed by atoms with van der Waals surface area (Å²) in [5.41, 5.74) is 6.11. The fourth-order valence-electron chi connectivity index (χ4n) is 3.40. The fourth-order valence-corrected chi connectivity index (χ4v) is 3.40. The van der Waals surface area contributed by atoms with Gasteiger partial charge in [0.25, 0.3) is 5.56 Å². The van der Waals surface area contributed by atoms with Crippen LogP contribution in [0.1, 0.15) is 23.6 Å². The third kappa shape index (κ3) is 3.74. The number of H-pyrrole nitrogens is 1. The van der Waals surface area contributed by atoms with Gasteiger partial charge in [-0.25, -0.2) is 9.07 Å². The van der Waals surface area contributed by atoms with E-state index in [1.165, 1.54) is 22.4 Å². The van der Waals surface area contributed by atoms with E-state index in [1.54, 1.807) is 12.1 Å². The van der Waals surface area contributed by atoms with E-state index in [1.807, 2.05) is 62.4 Å². The monoisotopic (exact) mass is 399 g/mol. The average Bonchev–Trinajstić information content (AvgIpc) is 3.09. The quantitative estimate of drug-likeness (QED) is 0.438. The van der Waals surface area contributed by atoms with E-state index in [9.17, 15) is 9.18 Å². The minimum absolute atomic E-state index is 0.231. The highest BCUT2D eigenvalue weighted by Gasteiger charge is 2.19. The molecular formula is C25H22FN3O. The Morgan fingerprint density at radius 2 is 1.63 bits per heavy atom. The summed E-state index contributed by atoms with van der Waals surface area (Å²) in [5.74, 6) is -0.352. The molecule has 150 valence electrons. The lowest BCUT2D eigenvalue weighted by Crippen LogP contribution is -2.19. The number of aliphatic imine (C=N–C) groups is 1. The van der Waals surface area contributed by atoms with Crippen LogP contribution in [0.3, 0.4) is 0 Å². The van der Waals surface area contributed by atoms with Crippen LogP contribution in [-0.2, 0) is 0 Å². The molecule has 0 atom stereocenters. The Kier molecular flexibility index (Phi) is 5.19. The number of benzene rings is 3. The number of hydrogen-bond acceptors (Lipinski definition) is 2.